The van der Waals surface area contributed by atoms with E-state index in [0.717, 1.165) is 34.0 Å². The summed E-state index contributed by atoms with van der Waals surface area (Å²) >= 11 is 0. The molecule has 0 fully saturated rings. The molecule has 1 aliphatic heterocycles. The predicted molar refractivity (Wildman–Crippen MR) is 243 cm³/mol. The van der Waals surface area contributed by atoms with E-state index < -0.39 is 0 Å². The van der Waals surface area contributed by atoms with Crippen molar-refractivity contribution in [3.8, 4) is 27.9 Å². The van der Waals surface area contributed by atoms with Gasteiger partial charge in [0.2, 0.25) is 0 Å². The number of hydrogen-bond donors (Lipinski definition) is 0. The highest BCUT2D eigenvalue weighted by Crippen LogP contribution is 2.43. The first-order valence-corrected chi connectivity index (χ1v) is 19.8. The summed E-state index contributed by atoms with van der Waals surface area (Å²) in [6, 6.07) is 73.9. The molecule has 1 unspecified atom stereocenters. The molecular weight excluding hydrogens is 705 g/mol. The van der Waals surface area contributed by atoms with Gasteiger partial charge >= 0.3 is 0 Å². The van der Waals surface area contributed by atoms with Crippen LogP contribution < -0.4 is 0 Å². The van der Waals surface area contributed by atoms with Gasteiger partial charge in [-0.15, -0.1) is 0 Å². The Hall–Kier alpha value is -7.56. The van der Waals surface area contributed by atoms with Gasteiger partial charge in [0, 0.05) is 40.2 Å². The largest absolute Gasteiger partial charge is 0.333 e. The van der Waals surface area contributed by atoms with Gasteiger partial charge in [-0.25, -0.2) is 9.98 Å². The van der Waals surface area contributed by atoms with Crippen LogP contribution in [0.4, 0.5) is 0 Å². The summed E-state index contributed by atoms with van der Waals surface area (Å²) < 4.78 is 2.41. The van der Waals surface area contributed by atoms with Crippen LogP contribution in [0.2, 0.25) is 0 Å². The third kappa shape index (κ3) is 5.61. The van der Waals surface area contributed by atoms with Crippen LogP contribution in [0.3, 0.4) is 0 Å². The highest BCUT2D eigenvalue weighted by Gasteiger charge is 2.28. The van der Waals surface area contributed by atoms with E-state index in [9.17, 15) is 0 Å². The van der Waals surface area contributed by atoms with Crippen molar-refractivity contribution >= 4 is 55.0 Å². The van der Waals surface area contributed by atoms with Gasteiger partial charge < -0.3 is 9.47 Å². The van der Waals surface area contributed by atoms with E-state index in [1.807, 2.05) is 12.1 Å². The molecule has 11 rings (SSSR count). The summed E-state index contributed by atoms with van der Waals surface area (Å²) in [5.41, 5.74) is 11.5. The molecule has 2 heterocycles. The first-order chi connectivity index (χ1) is 28.7. The Bertz CT molecular complexity index is 3220. The number of aromatic nitrogens is 1. The van der Waals surface area contributed by atoms with E-state index >= 15 is 0 Å². The first-order valence-electron chi connectivity index (χ1n) is 19.8. The van der Waals surface area contributed by atoms with Gasteiger partial charge in [0.1, 0.15) is 5.84 Å². The van der Waals surface area contributed by atoms with E-state index in [1.165, 1.54) is 65.6 Å². The van der Waals surface area contributed by atoms with Crippen LogP contribution in [0.15, 0.2) is 216 Å². The minimum atomic E-state index is -0.301. The van der Waals surface area contributed by atoms with Crippen molar-refractivity contribution in [2.75, 3.05) is 7.05 Å². The van der Waals surface area contributed by atoms with Gasteiger partial charge in [0.15, 0.2) is 12.0 Å². The van der Waals surface area contributed by atoms with Crippen LogP contribution in [0.1, 0.15) is 22.9 Å². The number of hydrogen-bond acceptors (Lipinski definition) is 3. The van der Waals surface area contributed by atoms with Gasteiger partial charge in [0.05, 0.1) is 11.0 Å². The average Bonchev–Trinajstić information content (AvgIpc) is 3.64. The zero-order chi connectivity index (χ0) is 38.6. The molecule has 0 bridgehead atoms. The summed E-state index contributed by atoms with van der Waals surface area (Å²) in [7, 11) is 2.12. The second-order valence-corrected chi connectivity index (χ2v) is 15.0. The molecular formula is C54H38N4. The van der Waals surface area contributed by atoms with Gasteiger partial charge in [-0.05, 0) is 86.3 Å². The molecule has 0 amide bonds. The minimum absolute atomic E-state index is 0.301. The number of fused-ring (bicyclic) bond motifs is 6. The molecule has 1 atom stereocenters. The molecule has 4 heteroatoms. The molecule has 4 nitrogen and oxygen atoms in total. The Labute approximate surface area is 337 Å². The molecule has 0 saturated heterocycles. The lowest BCUT2D eigenvalue weighted by molar-refractivity contribution is 0.385. The van der Waals surface area contributed by atoms with Gasteiger partial charge in [-0.2, -0.15) is 0 Å². The maximum Gasteiger partial charge on any atom is 0.159 e. The Kier molecular flexibility index (Phi) is 8.07. The zero-order valence-corrected chi connectivity index (χ0v) is 32.0. The van der Waals surface area contributed by atoms with E-state index in [2.05, 4.69) is 211 Å². The number of nitrogens with zero attached hydrogens (tertiary/aromatic N) is 4. The summed E-state index contributed by atoms with van der Waals surface area (Å²) in [5, 5.41) is 7.26. The molecule has 1 aliphatic rings. The lowest BCUT2D eigenvalue weighted by atomic mass is 9.91. The molecule has 1 aromatic heterocycles. The fourth-order valence-corrected chi connectivity index (χ4v) is 8.89. The first kappa shape index (κ1) is 33.8. The van der Waals surface area contributed by atoms with E-state index in [4.69, 9.17) is 9.98 Å². The topological polar surface area (TPSA) is 32.9 Å². The highest BCUT2D eigenvalue weighted by molar-refractivity contribution is 6.18. The second kappa shape index (κ2) is 13.9. The summed E-state index contributed by atoms with van der Waals surface area (Å²) in [6.45, 7) is 0. The smallest absolute Gasteiger partial charge is 0.159 e. The minimum Gasteiger partial charge on any atom is -0.333 e. The molecule has 274 valence electrons. The Morgan fingerprint density at radius 1 is 0.431 bits per heavy atom. The fraction of sp³-hybridized carbons (Fsp3) is 0.0370. The van der Waals surface area contributed by atoms with Gasteiger partial charge in [-0.3, -0.25) is 0 Å². The zero-order valence-electron chi connectivity index (χ0n) is 32.0. The third-order valence-electron chi connectivity index (χ3n) is 11.6. The third-order valence-corrected chi connectivity index (χ3v) is 11.6. The van der Waals surface area contributed by atoms with E-state index in [-0.39, 0.29) is 6.17 Å². The molecule has 0 radical (unpaired) electrons. The van der Waals surface area contributed by atoms with Crippen molar-refractivity contribution in [1.82, 2.24) is 9.47 Å². The quantitative estimate of drug-likeness (QED) is 0.156. The van der Waals surface area contributed by atoms with Crippen molar-refractivity contribution in [3.05, 3.63) is 223 Å². The molecule has 9 aromatic carbocycles. The average molecular weight is 743 g/mol. The molecule has 0 N–H and O–H groups in total. The fourth-order valence-electron chi connectivity index (χ4n) is 8.89. The van der Waals surface area contributed by atoms with Gasteiger partial charge in [0.25, 0.3) is 0 Å². The van der Waals surface area contributed by atoms with Crippen LogP contribution >= 0.6 is 0 Å². The summed E-state index contributed by atoms with van der Waals surface area (Å²) in [4.78, 5) is 12.8. The number of rotatable bonds is 6. The molecule has 58 heavy (non-hydrogen) atoms. The van der Waals surface area contributed by atoms with Crippen LogP contribution in [-0.4, -0.2) is 28.2 Å². The van der Waals surface area contributed by atoms with E-state index in [1.54, 1.807) is 0 Å². The molecule has 0 aliphatic carbocycles. The lowest BCUT2D eigenvalue weighted by Crippen LogP contribution is -2.35. The molecule has 0 spiro atoms. The summed E-state index contributed by atoms with van der Waals surface area (Å²) in [6.07, 6.45) is -0.301. The number of amidine groups is 2. The summed E-state index contributed by atoms with van der Waals surface area (Å²) in [5.74, 6) is 1.63. The van der Waals surface area contributed by atoms with Crippen LogP contribution in [0.5, 0.6) is 0 Å². The highest BCUT2D eigenvalue weighted by atomic mass is 15.3. The second-order valence-electron chi connectivity index (χ2n) is 15.0. The SMILES string of the molecule is CN1C(c2ccccc2)=NC(c2ccccc2)=NC1c1cc2cc(-c3cccc4c3c3cc(-c5ccccc5)ccc3n4-c3ccccc3)ccc2c2ccccc12. The van der Waals surface area contributed by atoms with Crippen LogP contribution in [0.25, 0.3) is 71.3 Å². The molecule has 10 aromatic rings. The van der Waals surface area contributed by atoms with Crippen molar-refractivity contribution in [2.45, 2.75) is 6.17 Å². The van der Waals surface area contributed by atoms with Gasteiger partial charge in [-0.1, -0.05) is 164 Å². The van der Waals surface area contributed by atoms with Crippen molar-refractivity contribution in [3.63, 3.8) is 0 Å². The Balaban J connectivity index is 1.13. The lowest BCUT2D eigenvalue weighted by Gasteiger charge is -2.33. The number of benzene rings is 9. The normalized spacial score (nSPS) is 14.3. The van der Waals surface area contributed by atoms with Crippen LogP contribution in [0, 0.1) is 0 Å². The Morgan fingerprint density at radius 2 is 1.07 bits per heavy atom. The van der Waals surface area contributed by atoms with Crippen molar-refractivity contribution in [1.29, 1.82) is 0 Å². The van der Waals surface area contributed by atoms with Crippen molar-refractivity contribution in [2.24, 2.45) is 9.98 Å². The monoisotopic (exact) mass is 742 g/mol. The standard InChI is InChI=1S/C54H38N4/c1-57-53(38-21-10-4-11-22-38)55-52(37-19-8-3-9-20-37)56-54(57)47-35-41-33-40(29-31-43(41)45-25-14-15-26-46(45)47)44-27-16-28-50-51(44)48-34-39(36-17-6-2-7-18-36)30-32-49(48)58(50)42-23-12-5-13-24-42/h2-35,54H,1H3. The van der Waals surface area contributed by atoms with Crippen LogP contribution in [-0.2, 0) is 0 Å². The molecule has 0 saturated carbocycles. The predicted octanol–water partition coefficient (Wildman–Crippen LogP) is 13.3. The Morgan fingerprint density at radius 3 is 1.81 bits per heavy atom. The maximum atomic E-state index is 5.41. The number of para-hydroxylation sites is 1. The number of aliphatic imine (C=N–C) groups is 2. The van der Waals surface area contributed by atoms with Crippen molar-refractivity contribution < 1.29 is 0 Å². The maximum absolute atomic E-state index is 5.41. The van der Waals surface area contributed by atoms with E-state index in [0.29, 0.717) is 0 Å².